The number of rotatable bonds is 8. The van der Waals surface area contributed by atoms with E-state index in [0.717, 1.165) is 49.4 Å². The molecule has 0 aromatic heterocycles. The number of likely N-dealkylation sites (tertiary alicyclic amines) is 1. The molecule has 2 aromatic rings. The van der Waals surface area contributed by atoms with Crippen LogP contribution in [-0.4, -0.2) is 42.0 Å². The molecule has 1 aliphatic heterocycles. The molecule has 4 nitrogen and oxygen atoms in total. The highest BCUT2D eigenvalue weighted by molar-refractivity contribution is 5.93. The van der Waals surface area contributed by atoms with E-state index < -0.39 is 17.5 Å². The SMILES string of the molecule is NN(CCCCCCN1CCC2(CCc3ccccc32)CC1)C(=O)c1ccc(F)c(F)c1. The van der Waals surface area contributed by atoms with Gasteiger partial charge in [-0.15, -0.1) is 0 Å². The monoisotopic (exact) mass is 441 g/mol. The van der Waals surface area contributed by atoms with Crippen LogP contribution in [0.1, 0.15) is 66.4 Å². The number of carbonyl (C=O) groups excluding carboxylic acids is 1. The Balaban J connectivity index is 1.11. The Labute approximate surface area is 189 Å². The fourth-order valence-electron chi connectivity index (χ4n) is 5.36. The summed E-state index contributed by atoms with van der Waals surface area (Å²) in [4.78, 5) is 14.8. The zero-order valence-corrected chi connectivity index (χ0v) is 18.7. The van der Waals surface area contributed by atoms with Gasteiger partial charge in [0.2, 0.25) is 0 Å². The number of hydrogen-bond acceptors (Lipinski definition) is 3. The number of nitrogens with two attached hydrogens (primary N) is 1. The lowest BCUT2D eigenvalue weighted by molar-refractivity contribution is 0.0751. The molecule has 2 aromatic carbocycles. The van der Waals surface area contributed by atoms with Crippen molar-refractivity contribution in [2.45, 2.75) is 56.8 Å². The minimum absolute atomic E-state index is 0.0687. The van der Waals surface area contributed by atoms with Gasteiger partial charge in [-0.25, -0.2) is 14.6 Å². The van der Waals surface area contributed by atoms with Gasteiger partial charge in [0, 0.05) is 12.1 Å². The second-order valence-electron chi connectivity index (χ2n) is 9.32. The second kappa shape index (κ2) is 10.1. The highest BCUT2D eigenvalue weighted by Crippen LogP contribution is 2.46. The van der Waals surface area contributed by atoms with Crippen molar-refractivity contribution in [1.29, 1.82) is 0 Å². The van der Waals surface area contributed by atoms with E-state index in [-0.39, 0.29) is 5.56 Å². The topological polar surface area (TPSA) is 49.6 Å². The average molecular weight is 442 g/mol. The number of halogens is 2. The Morgan fingerprint density at radius 2 is 1.72 bits per heavy atom. The molecule has 0 saturated carbocycles. The molecule has 1 heterocycles. The van der Waals surface area contributed by atoms with Crippen molar-refractivity contribution in [3.63, 3.8) is 0 Å². The normalized spacial score (nSPS) is 17.5. The number of piperidine rings is 1. The molecule has 6 heteroatoms. The molecular weight excluding hydrogens is 408 g/mol. The lowest BCUT2D eigenvalue weighted by atomic mass is 9.74. The summed E-state index contributed by atoms with van der Waals surface area (Å²) in [5.41, 5.74) is 3.64. The Morgan fingerprint density at radius 1 is 0.969 bits per heavy atom. The first-order valence-corrected chi connectivity index (χ1v) is 11.8. The fourth-order valence-corrected chi connectivity index (χ4v) is 5.36. The summed E-state index contributed by atoms with van der Waals surface area (Å²) in [6.07, 6.45) is 9.08. The van der Waals surface area contributed by atoms with Crippen LogP contribution >= 0.6 is 0 Å². The van der Waals surface area contributed by atoms with Gasteiger partial charge in [-0.05, 0) is 92.9 Å². The standard InChI is InChI=1S/C26H33F2N3O/c27-23-10-9-21(19-24(23)28)25(32)31(29)16-6-2-1-5-15-30-17-13-26(14-18-30)12-11-20-7-3-4-8-22(20)26/h3-4,7-10,19H,1-2,5-6,11-18,29H2. The van der Waals surface area contributed by atoms with E-state index in [1.165, 1.54) is 44.8 Å². The van der Waals surface area contributed by atoms with E-state index >= 15 is 0 Å². The van der Waals surface area contributed by atoms with Crippen LogP contribution < -0.4 is 5.84 Å². The van der Waals surface area contributed by atoms with E-state index in [1.54, 1.807) is 11.1 Å². The number of nitrogens with zero attached hydrogens (tertiary/aromatic N) is 2. The summed E-state index contributed by atoms with van der Waals surface area (Å²) in [5.74, 6) is 3.33. The number of fused-ring (bicyclic) bond motifs is 2. The molecule has 2 N–H and O–H groups in total. The first kappa shape index (κ1) is 22.9. The molecule has 2 aliphatic rings. The zero-order valence-electron chi connectivity index (χ0n) is 18.7. The minimum atomic E-state index is -1.04. The summed E-state index contributed by atoms with van der Waals surface area (Å²) >= 11 is 0. The van der Waals surface area contributed by atoms with E-state index in [0.29, 0.717) is 12.0 Å². The number of hydrogen-bond donors (Lipinski definition) is 1. The molecule has 0 radical (unpaired) electrons. The molecule has 0 bridgehead atoms. The van der Waals surface area contributed by atoms with Crippen molar-refractivity contribution in [2.24, 2.45) is 5.84 Å². The minimum Gasteiger partial charge on any atom is -0.303 e. The van der Waals surface area contributed by atoms with Crippen LogP contribution in [0.4, 0.5) is 8.78 Å². The highest BCUT2D eigenvalue weighted by Gasteiger charge is 2.40. The molecule has 172 valence electrons. The Bertz CT molecular complexity index is 940. The van der Waals surface area contributed by atoms with Crippen molar-refractivity contribution in [3.05, 3.63) is 70.8 Å². The molecule has 1 spiro atoms. The predicted molar refractivity (Wildman–Crippen MR) is 122 cm³/mol. The number of aryl methyl sites for hydroxylation is 1. The van der Waals surface area contributed by atoms with Gasteiger partial charge >= 0.3 is 0 Å². The third-order valence-electron chi connectivity index (χ3n) is 7.33. The third kappa shape index (κ3) is 5.02. The maximum atomic E-state index is 13.3. The predicted octanol–water partition coefficient (Wildman–Crippen LogP) is 4.82. The molecule has 1 fully saturated rings. The van der Waals surface area contributed by atoms with Gasteiger partial charge in [0.15, 0.2) is 11.6 Å². The Kier molecular flexibility index (Phi) is 7.21. The van der Waals surface area contributed by atoms with Crippen molar-refractivity contribution < 1.29 is 13.6 Å². The smallest absolute Gasteiger partial charge is 0.267 e. The van der Waals surface area contributed by atoms with E-state index in [9.17, 15) is 13.6 Å². The maximum Gasteiger partial charge on any atom is 0.267 e. The van der Waals surface area contributed by atoms with Gasteiger partial charge in [-0.2, -0.15) is 0 Å². The van der Waals surface area contributed by atoms with Gasteiger partial charge in [0.25, 0.3) is 5.91 Å². The summed E-state index contributed by atoms with van der Waals surface area (Å²) in [6.45, 7) is 3.88. The number of amides is 1. The molecule has 32 heavy (non-hydrogen) atoms. The number of carbonyl (C=O) groups is 1. The van der Waals surface area contributed by atoms with E-state index in [2.05, 4.69) is 29.2 Å². The molecule has 1 amide bonds. The zero-order chi connectivity index (χ0) is 22.6. The molecule has 1 saturated heterocycles. The van der Waals surface area contributed by atoms with Crippen LogP contribution in [-0.2, 0) is 11.8 Å². The molecule has 1 aliphatic carbocycles. The molecule has 0 unspecified atom stereocenters. The van der Waals surface area contributed by atoms with Crippen molar-refractivity contribution in [3.8, 4) is 0 Å². The lowest BCUT2D eigenvalue weighted by Gasteiger charge is -2.40. The number of hydrazine groups is 1. The number of benzene rings is 2. The van der Waals surface area contributed by atoms with Crippen LogP contribution in [0, 0.1) is 11.6 Å². The van der Waals surface area contributed by atoms with Crippen molar-refractivity contribution in [2.75, 3.05) is 26.2 Å². The first-order chi connectivity index (χ1) is 15.5. The van der Waals surface area contributed by atoms with Gasteiger partial charge in [-0.3, -0.25) is 9.80 Å². The van der Waals surface area contributed by atoms with Crippen LogP contribution in [0.25, 0.3) is 0 Å². The van der Waals surface area contributed by atoms with Gasteiger partial charge in [0.05, 0.1) is 0 Å². The van der Waals surface area contributed by atoms with E-state index in [4.69, 9.17) is 5.84 Å². The fraction of sp³-hybridized carbons (Fsp3) is 0.500. The summed E-state index contributed by atoms with van der Waals surface area (Å²) in [7, 11) is 0. The summed E-state index contributed by atoms with van der Waals surface area (Å²) in [5, 5.41) is 1.09. The van der Waals surface area contributed by atoms with Crippen LogP contribution in [0.5, 0.6) is 0 Å². The van der Waals surface area contributed by atoms with Gasteiger partial charge in [-0.1, -0.05) is 37.1 Å². The Hall–Kier alpha value is -2.31. The highest BCUT2D eigenvalue weighted by atomic mass is 19.2. The second-order valence-corrected chi connectivity index (χ2v) is 9.32. The maximum absolute atomic E-state index is 13.3. The molecular formula is C26H33F2N3O. The summed E-state index contributed by atoms with van der Waals surface area (Å²) in [6, 6.07) is 12.1. The number of unbranched alkanes of at least 4 members (excludes halogenated alkanes) is 3. The quantitative estimate of drug-likeness (QED) is 0.277. The third-order valence-corrected chi connectivity index (χ3v) is 7.33. The first-order valence-electron chi connectivity index (χ1n) is 11.8. The van der Waals surface area contributed by atoms with Gasteiger partial charge in [0.1, 0.15) is 0 Å². The van der Waals surface area contributed by atoms with Crippen molar-refractivity contribution in [1.82, 2.24) is 9.91 Å². The van der Waals surface area contributed by atoms with Crippen LogP contribution in [0.15, 0.2) is 42.5 Å². The van der Waals surface area contributed by atoms with Crippen molar-refractivity contribution >= 4 is 5.91 Å². The van der Waals surface area contributed by atoms with Gasteiger partial charge < -0.3 is 4.90 Å². The average Bonchev–Trinajstić information content (AvgIpc) is 3.17. The molecule has 4 rings (SSSR count). The Morgan fingerprint density at radius 3 is 2.50 bits per heavy atom. The largest absolute Gasteiger partial charge is 0.303 e. The molecule has 0 atom stereocenters. The summed E-state index contributed by atoms with van der Waals surface area (Å²) < 4.78 is 26.3. The lowest BCUT2D eigenvalue weighted by Crippen LogP contribution is -2.41. The van der Waals surface area contributed by atoms with Crippen LogP contribution in [0.3, 0.4) is 0 Å². The van der Waals surface area contributed by atoms with Crippen LogP contribution in [0.2, 0.25) is 0 Å². The van der Waals surface area contributed by atoms with E-state index in [1.807, 2.05) is 0 Å².